The second-order valence-corrected chi connectivity index (χ2v) is 8.90. The highest BCUT2D eigenvalue weighted by atomic mass is 16.3. The SMILES string of the molecule is Oc1cc2c3c4c(cccc14)-c1ccccc1-c1cccc(c1-3)C1CCCCC21. The van der Waals surface area contributed by atoms with Gasteiger partial charge in [-0.2, -0.15) is 0 Å². The van der Waals surface area contributed by atoms with Gasteiger partial charge in [0.1, 0.15) is 5.75 Å². The molecule has 1 saturated carbocycles. The lowest BCUT2D eigenvalue weighted by Gasteiger charge is -2.40. The van der Waals surface area contributed by atoms with Crippen LogP contribution in [0.2, 0.25) is 0 Å². The van der Waals surface area contributed by atoms with Crippen LogP contribution in [0.5, 0.6) is 5.75 Å². The van der Waals surface area contributed by atoms with Crippen LogP contribution in [-0.4, -0.2) is 5.11 Å². The van der Waals surface area contributed by atoms with Gasteiger partial charge in [0.05, 0.1) is 0 Å². The largest absolute Gasteiger partial charge is 0.507 e. The Bertz CT molecular complexity index is 1330. The van der Waals surface area contributed by atoms with Crippen molar-refractivity contribution in [2.75, 3.05) is 0 Å². The monoisotopic (exact) mass is 374 g/mol. The minimum atomic E-state index is 0.435. The average Bonchev–Trinajstić information content (AvgIpc) is 2.90. The van der Waals surface area contributed by atoms with E-state index in [-0.39, 0.29) is 0 Å². The summed E-state index contributed by atoms with van der Waals surface area (Å²) < 4.78 is 0. The molecule has 2 atom stereocenters. The molecule has 2 unspecified atom stereocenters. The van der Waals surface area contributed by atoms with Gasteiger partial charge < -0.3 is 5.11 Å². The van der Waals surface area contributed by atoms with Gasteiger partial charge in [0.2, 0.25) is 0 Å². The van der Waals surface area contributed by atoms with Gasteiger partial charge in [-0.3, -0.25) is 0 Å². The Labute approximate surface area is 170 Å². The highest BCUT2D eigenvalue weighted by Gasteiger charge is 2.39. The van der Waals surface area contributed by atoms with Gasteiger partial charge in [-0.25, -0.2) is 0 Å². The molecule has 29 heavy (non-hydrogen) atoms. The van der Waals surface area contributed by atoms with Crippen LogP contribution in [0.1, 0.15) is 48.6 Å². The number of aromatic hydroxyl groups is 1. The number of fused-ring (bicyclic) bond motifs is 6. The zero-order valence-electron chi connectivity index (χ0n) is 16.3. The fourth-order valence-corrected chi connectivity index (χ4v) is 6.47. The third-order valence-corrected chi connectivity index (χ3v) is 7.59. The maximum absolute atomic E-state index is 11.1. The topological polar surface area (TPSA) is 20.2 Å². The van der Waals surface area contributed by atoms with E-state index in [0.29, 0.717) is 17.6 Å². The van der Waals surface area contributed by atoms with E-state index in [9.17, 15) is 5.11 Å². The second-order valence-electron chi connectivity index (χ2n) is 8.90. The molecule has 0 radical (unpaired) electrons. The fourth-order valence-electron chi connectivity index (χ4n) is 6.47. The van der Waals surface area contributed by atoms with Crippen molar-refractivity contribution >= 4 is 10.8 Å². The van der Waals surface area contributed by atoms with E-state index in [0.717, 1.165) is 5.39 Å². The zero-order chi connectivity index (χ0) is 19.1. The number of phenolic OH excluding ortho intramolecular Hbond substituents is 1. The third-order valence-electron chi connectivity index (χ3n) is 7.59. The maximum Gasteiger partial charge on any atom is 0.123 e. The van der Waals surface area contributed by atoms with Crippen molar-refractivity contribution < 1.29 is 5.11 Å². The van der Waals surface area contributed by atoms with Crippen LogP contribution in [0.15, 0.2) is 66.7 Å². The van der Waals surface area contributed by atoms with Gasteiger partial charge in [-0.05, 0) is 75.3 Å². The first kappa shape index (κ1) is 15.8. The van der Waals surface area contributed by atoms with Crippen molar-refractivity contribution in [2.24, 2.45) is 0 Å². The van der Waals surface area contributed by atoms with E-state index in [4.69, 9.17) is 0 Å². The quantitative estimate of drug-likeness (QED) is 0.296. The Morgan fingerprint density at radius 2 is 1.28 bits per heavy atom. The summed E-state index contributed by atoms with van der Waals surface area (Å²) in [5, 5.41) is 13.3. The fraction of sp³-hybridized carbons (Fsp3) is 0.214. The molecule has 1 nitrogen and oxygen atoms in total. The minimum Gasteiger partial charge on any atom is -0.507 e. The van der Waals surface area contributed by atoms with Crippen LogP contribution in [-0.2, 0) is 0 Å². The molecule has 3 aliphatic carbocycles. The Morgan fingerprint density at radius 1 is 0.621 bits per heavy atom. The van der Waals surface area contributed by atoms with Crippen molar-refractivity contribution in [2.45, 2.75) is 37.5 Å². The summed E-state index contributed by atoms with van der Waals surface area (Å²) in [5.41, 5.74) is 10.9. The van der Waals surface area contributed by atoms with Gasteiger partial charge in [-0.1, -0.05) is 73.5 Å². The molecule has 0 aromatic heterocycles. The Hall–Kier alpha value is -3.06. The minimum absolute atomic E-state index is 0.435. The summed E-state index contributed by atoms with van der Waals surface area (Å²) in [6.45, 7) is 0. The maximum atomic E-state index is 11.1. The smallest absolute Gasteiger partial charge is 0.123 e. The number of rotatable bonds is 0. The third kappa shape index (κ3) is 1.91. The van der Waals surface area contributed by atoms with Crippen LogP contribution < -0.4 is 0 Å². The first-order valence-electron chi connectivity index (χ1n) is 10.8. The summed E-state index contributed by atoms with van der Waals surface area (Å²) in [7, 11) is 0. The molecule has 1 heteroatoms. The molecule has 0 amide bonds. The van der Waals surface area contributed by atoms with Gasteiger partial charge in [-0.15, -0.1) is 0 Å². The number of benzene rings is 4. The van der Waals surface area contributed by atoms with Crippen LogP contribution in [0.3, 0.4) is 0 Å². The predicted molar refractivity (Wildman–Crippen MR) is 119 cm³/mol. The normalized spacial score (nSPS) is 20.7. The summed E-state index contributed by atoms with van der Waals surface area (Å²) in [6, 6.07) is 24.2. The molecule has 3 aliphatic rings. The predicted octanol–water partition coefficient (Wildman–Crippen LogP) is 7.61. The molecule has 140 valence electrons. The number of hydrogen-bond acceptors (Lipinski definition) is 1. The molecule has 4 aromatic rings. The molecule has 4 aromatic carbocycles. The lowest BCUT2D eigenvalue weighted by Crippen LogP contribution is -2.21. The highest BCUT2D eigenvalue weighted by Crippen LogP contribution is 2.60. The van der Waals surface area contributed by atoms with E-state index in [2.05, 4.69) is 66.7 Å². The Morgan fingerprint density at radius 3 is 2.10 bits per heavy atom. The Balaban J connectivity index is 1.77. The molecule has 7 rings (SSSR count). The molecular formula is C28H22O. The first-order chi connectivity index (χ1) is 14.3. The van der Waals surface area contributed by atoms with Crippen molar-refractivity contribution in [3.63, 3.8) is 0 Å². The van der Waals surface area contributed by atoms with E-state index in [1.807, 2.05) is 0 Å². The highest BCUT2D eigenvalue weighted by molar-refractivity contribution is 6.16. The van der Waals surface area contributed by atoms with Crippen molar-refractivity contribution in [1.29, 1.82) is 0 Å². The molecule has 0 heterocycles. The molecule has 0 bridgehead atoms. The van der Waals surface area contributed by atoms with Gasteiger partial charge in [0.15, 0.2) is 0 Å². The lowest BCUT2D eigenvalue weighted by atomic mass is 9.64. The standard InChI is InChI=1S/C28H22O/c29-25-15-24-19-10-4-3-9-18(19)21-12-5-11-20-16-7-1-2-8-17(16)22-13-6-14-23(25)27(22)28(24)26(20)21/h1-2,5-8,11-15,18-19,29H,3-4,9-10H2. The second kappa shape index (κ2) is 5.51. The first-order valence-corrected chi connectivity index (χ1v) is 10.8. The molecular weight excluding hydrogens is 352 g/mol. The van der Waals surface area contributed by atoms with E-state index in [1.165, 1.54) is 75.6 Å². The molecule has 0 aliphatic heterocycles. The van der Waals surface area contributed by atoms with Gasteiger partial charge >= 0.3 is 0 Å². The summed E-state index contributed by atoms with van der Waals surface area (Å²) in [4.78, 5) is 0. The summed E-state index contributed by atoms with van der Waals surface area (Å²) >= 11 is 0. The summed E-state index contributed by atoms with van der Waals surface area (Å²) in [5.74, 6) is 1.52. The molecule has 0 spiro atoms. The molecule has 1 N–H and O–H groups in total. The number of hydrogen-bond donors (Lipinski definition) is 1. The zero-order valence-corrected chi connectivity index (χ0v) is 16.3. The van der Waals surface area contributed by atoms with Gasteiger partial charge in [0.25, 0.3) is 0 Å². The van der Waals surface area contributed by atoms with E-state index >= 15 is 0 Å². The van der Waals surface area contributed by atoms with Crippen LogP contribution >= 0.6 is 0 Å². The molecule has 0 saturated heterocycles. The van der Waals surface area contributed by atoms with Crippen molar-refractivity contribution in [1.82, 2.24) is 0 Å². The van der Waals surface area contributed by atoms with Crippen LogP contribution in [0, 0.1) is 0 Å². The summed E-state index contributed by atoms with van der Waals surface area (Å²) in [6.07, 6.45) is 5.07. The lowest BCUT2D eigenvalue weighted by molar-refractivity contribution is 0.382. The van der Waals surface area contributed by atoms with Crippen molar-refractivity contribution in [3.8, 4) is 39.1 Å². The van der Waals surface area contributed by atoms with Crippen LogP contribution in [0.4, 0.5) is 0 Å². The van der Waals surface area contributed by atoms with E-state index < -0.39 is 0 Å². The number of phenols is 1. The Kier molecular flexibility index (Phi) is 3.00. The van der Waals surface area contributed by atoms with Gasteiger partial charge in [0, 0.05) is 10.8 Å². The van der Waals surface area contributed by atoms with Crippen LogP contribution in [0.25, 0.3) is 44.2 Å². The van der Waals surface area contributed by atoms with Crippen molar-refractivity contribution in [3.05, 3.63) is 77.9 Å². The van der Waals surface area contributed by atoms with E-state index in [1.54, 1.807) is 0 Å². The molecule has 1 fully saturated rings. The average molecular weight is 374 g/mol.